The van der Waals surface area contributed by atoms with Crippen molar-refractivity contribution in [2.75, 3.05) is 4.90 Å². The molecule has 36 heavy (non-hydrogen) atoms. The first kappa shape index (κ1) is 25.7. The molecule has 1 aliphatic heterocycles. The fraction of sp³-hybridized carbons (Fsp3) is 0.0417. The Labute approximate surface area is 221 Å². The van der Waals surface area contributed by atoms with Crippen LogP contribution in [-0.2, 0) is 19.7 Å². The lowest BCUT2D eigenvalue weighted by Crippen LogP contribution is -2.54. The van der Waals surface area contributed by atoms with Crippen molar-refractivity contribution >= 4 is 74.5 Å². The van der Waals surface area contributed by atoms with Crippen molar-refractivity contribution in [3.63, 3.8) is 0 Å². The number of hydrogen-bond acceptors (Lipinski definition) is 6. The summed E-state index contributed by atoms with van der Waals surface area (Å²) in [6.45, 7) is 1.63. The number of benzene rings is 3. The van der Waals surface area contributed by atoms with Crippen molar-refractivity contribution in [3.05, 3.63) is 92.4 Å². The zero-order valence-electron chi connectivity index (χ0n) is 18.3. The minimum absolute atomic E-state index is 0.0934. The molecule has 3 aromatic rings. The Balaban J connectivity index is 1.64. The maximum absolute atomic E-state index is 13.1. The monoisotopic (exact) mass is 564 g/mol. The van der Waals surface area contributed by atoms with Gasteiger partial charge in [0.05, 0.1) is 10.7 Å². The largest absolute Gasteiger partial charge is 0.377 e. The number of halogens is 3. The molecular formula is C24H15Cl3N2O6S. The van der Waals surface area contributed by atoms with E-state index in [2.05, 4.69) is 5.32 Å². The number of urea groups is 1. The highest BCUT2D eigenvalue weighted by atomic mass is 35.5. The first-order valence-corrected chi connectivity index (χ1v) is 12.7. The first-order valence-electron chi connectivity index (χ1n) is 10.1. The van der Waals surface area contributed by atoms with Crippen molar-refractivity contribution in [3.8, 4) is 5.75 Å². The van der Waals surface area contributed by atoms with E-state index in [0.717, 1.165) is 4.90 Å². The molecule has 1 heterocycles. The third kappa shape index (κ3) is 5.10. The van der Waals surface area contributed by atoms with E-state index < -0.39 is 28.0 Å². The van der Waals surface area contributed by atoms with E-state index in [1.807, 2.05) is 0 Å². The number of carbonyl (C=O) groups excluding carboxylic acids is 3. The molecule has 1 fully saturated rings. The zero-order valence-corrected chi connectivity index (χ0v) is 21.4. The van der Waals surface area contributed by atoms with Crippen LogP contribution in [0.1, 0.15) is 11.1 Å². The van der Waals surface area contributed by atoms with Gasteiger partial charge in [-0.3, -0.25) is 14.9 Å². The molecule has 4 amide bonds. The molecule has 184 valence electrons. The molecule has 0 saturated carbocycles. The van der Waals surface area contributed by atoms with Gasteiger partial charge in [0, 0.05) is 10.0 Å². The Morgan fingerprint density at radius 2 is 1.61 bits per heavy atom. The first-order chi connectivity index (χ1) is 17.0. The standard InChI is InChI=1S/C24H15Cl3N2O6S/c1-13-18(26)3-2-4-20(13)29-23(31)17(22(30)28-24(29)32)11-14-5-10-21(19(27)12-14)35-36(33,34)16-8-6-15(25)7-9-16/h2-12H,1H3,(H,28,30,32)/b17-11+. The molecule has 4 rings (SSSR count). The van der Waals surface area contributed by atoms with Gasteiger partial charge < -0.3 is 4.18 Å². The average Bonchev–Trinajstić information content (AvgIpc) is 2.81. The second kappa shape index (κ2) is 9.94. The normalized spacial score (nSPS) is 15.3. The Morgan fingerprint density at radius 3 is 2.28 bits per heavy atom. The van der Waals surface area contributed by atoms with E-state index in [0.29, 0.717) is 15.6 Å². The van der Waals surface area contributed by atoms with E-state index in [1.165, 1.54) is 54.6 Å². The number of amides is 4. The van der Waals surface area contributed by atoms with Crippen LogP contribution in [0.3, 0.4) is 0 Å². The lowest BCUT2D eigenvalue weighted by atomic mass is 10.1. The van der Waals surface area contributed by atoms with Gasteiger partial charge in [0.1, 0.15) is 10.5 Å². The predicted octanol–water partition coefficient (Wildman–Crippen LogP) is 5.39. The van der Waals surface area contributed by atoms with Gasteiger partial charge >= 0.3 is 16.1 Å². The zero-order chi connectivity index (χ0) is 26.2. The highest BCUT2D eigenvalue weighted by Gasteiger charge is 2.37. The van der Waals surface area contributed by atoms with E-state index in [4.69, 9.17) is 39.0 Å². The molecule has 0 aliphatic carbocycles. The number of nitrogens with one attached hydrogen (secondary N) is 1. The topological polar surface area (TPSA) is 110 Å². The molecule has 0 radical (unpaired) electrons. The van der Waals surface area contributed by atoms with Crippen LogP contribution in [0.4, 0.5) is 10.5 Å². The number of imide groups is 2. The minimum atomic E-state index is -4.19. The second-order valence-electron chi connectivity index (χ2n) is 7.52. The van der Waals surface area contributed by atoms with Crippen LogP contribution in [0.5, 0.6) is 5.75 Å². The summed E-state index contributed by atoms with van der Waals surface area (Å²) in [5.74, 6) is -1.93. The summed E-state index contributed by atoms with van der Waals surface area (Å²) in [5, 5.41) is 2.73. The molecule has 1 aliphatic rings. The number of rotatable bonds is 5. The van der Waals surface area contributed by atoms with E-state index in [1.54, 1.807) is 19.1 Å². The SMILES string of the molecule is Cc1c(Cl)cccc1N1C(=O)NC(=O)/C(=C\c2ccc(OS(=O)(=O)c3ccc(Cl)cc3)c(Cl)c2)C1=O. The highest BCUT2D eigenvalue weighted by molar-refractivity contribution is 7.87. The van der Waals surface area contributed by atoms with Crippen LogP contribution in [0.15, 0.2) is 71.1 Å². The van der Waals surface area contributed by atoms with Crippen molar-refractivity contribution in [2.24, 2.45) is 0 Å². The van der Waals surface area contributed by atoms with Crippen molar-refractivity contribution in [1.29, 1.82) is 0 Å². The third-order valence-electron chi connectivity index (χ3n) is 5.15. The number of anilines is 1. The van der Waals surface area contributed by atoms with Gasteiger partial charge in [-0.05, 0) is 72.7 Å². The Kier molecular flexibility index (Phi) is 7.10. The minimum Gasteiger partial charge on any atom is -0.377 e. The molecule has 0 bridgehead atoms. The smallest absolute Gasteiger partial charge is 0.339 e. The molecule has 0 unspecified atom stereocenters. The van der Waals surface area contributed by atoms with E-state index in [-0.39, 0.29) is 32.5 Å². The quantitative estimate of drug-likeness (QED) is 0.252. The van der Waals surface area contributed by atoms with Crippen molar-refractivity contribution < 1.29 is 27.0 Å². The molecule has 0 spiro atoms. The van der Waals surface area contributed by atoms with Crippen LogP contribution in [0.25, 0.3) is 6.08 Å². The summed E-state index contributed by atoms with van der Waals surface area (Å²) in [7, 11) is -4.19. The van der Waals surface area contributed by atoms with Crippen LogP contribution in [-0.4, -0.2) is 26.3 Å². The summed E-state index contributed by atoms with van der Waals surface area (Å²) in [6.07, 6.45) is 1.22. The number of nitrogens with zero attached hydrogens (tertiary/aromatic N) is 1. The van der Waals surface area contributed by atoms with Gasteiger partial charge in [0.25, 0.3) is 11.8 Å². The Morgan fingerprint density at radius 1 is 0.917 bits per heavy atom. The van der Waals surface area contributed by atoms with Crippen LogP contribution in [0.2, 0.25) is 15.1 Å². The van der Waals surface area contributed by atoms with Crippen LogP contribution in [0, 0.1) is 6.92 Å². The third-order valence-corrected chi connectivity index (χ3v) is 7.36. The fourth-order valence-electron chi connectivity index (χ4n) is 3.32. The summed E-state index contributed by atoms with van der Waals surface area (Å²) in [5.41, 5.74) is 0.639. The maximum atomic E-state index is 13.1. The molecule has 1 N–H and O–H groups in total. The fourth-order valence-corrected chi connectivity index (χ4v) is 4.84. The van der Waals surface area contributed by atoms with Gasteiger partial charge in [-0.15, -0.1) is 0 Å². The van der Waals surface area contributed by atoms with Gasteiger partial charge in [-0.25, -0.2) is 9.69 Å². The molecule has 1 saturated heterocycles. The molecule has 0 aromatic heterocycles. The molecule has 12 heteroatoms. The summed E-state index contributed by atoms with van der Waals surface area (Å²) in [4.78, 5) is 38.7. The summed E-state index contributed by atoms with van der Waals surface area (Å²) in [6, 6.07) is 13.1. The molecule has 0 atom stereocenters. The van der Waals surface area contributed by atoms with Crippen molar-refractivity contribution in [1.82, 2.24) is 5.32 Å². The lowest BCUT2D eigenvalue weighted by molar-refractivity contribution is -0.122. The van der Waals surface area contributed by atoms with E-state index >= 15 is 0 Å². The number of hydrogen-bond donors (Lipinski definition) is 1. The number of barbiturate groups is 1. The van der Waals surface area contributed by atoms with Crippen LogP contribution >= 0.6 is 34.8 Å². The van der Waals surface area contributed by atoms with E-state index in [9.17, 15) is 22.8 Å². The average molecular weight is 566 g/mol. The molecular weight excluding hydrogens is 551 g/mol. The Bertz CT molecular complexity index is 1550. The van der Waals surface area contributed by atoms with Gasteiger partial charge in [-0.1, -0.05) is 46.9 Å². The lowest BCUT2D eigenvalue weighted by Gasteiger charge is -2.27. The Hall–Kier alpha value is -3.37. The summed E-state index contributed by atoms with van der Waals surface area (Å²) < 4.78 is 30.2. The molecule has 3 aromatic carbocycles. The second-order valence-corrected chi connectivity index (χ2v) is 10.3. The molecule has 8 nitrogen and oxygen atoms in total. The van der Waals surface area contributed by atoms with Gasteiger partial charge in [0.2, 0.25) is 0 Å². The van der Waals surface area contributed by atoms with Gasteiger partial charge in [0.15, 0.2) is 5.75 Å². The number of carbonyl (C=O) groups is 3. The predicted molar refractivity (Wildman–Crippen MR) is 136 cm³/mol. The maximum Gasteiger partial charge on any atom is 0.339 e. The summed E-state index contributed by atoms with van der Waals surface area (Å²) >= 11 is 18.1. The highest BCUT2D eigenvalue weighted by Crippen LogP contribution is 2.32. The van der Waals surface area contributed by atoms with Gasteiger partial charge in [-0.2, -0.15) is 8.42 Å². The van der Waals surface area contributed by atoms with Crippen molar-refractivity contribution in [2.45, 2.75) is 11.8 Å². The van der Waals surface area contributed by atoms with Crippen LogP contribution < -0.4 is 14.4 Å².